The summed E-state index contributed by atoms with van der Waals surface area (Å²) in [5.41, 5.74) is 2.15. The van der Waals surface area contributed by atoms with Gasteiger partial charge < -0.3 is 20.2 Å². The molecule has 3 aliphatic rings. The highest BCUT2D eigenvalue weighted by Gasteiger charge is 2.45. The van der Waals surface area contributed by atoms with Crippen LogP contribution in [0.1, 0.15) is 48.9 Å². The molecule has 6 rings (SSSR count). The van der Waals surface area contributed by atoms with E-state index < -0.39 is 21.9 Å². The molecule has 3 aromatic rings. The van der Waals surface area contributed by atoms with Gasteiger partial charge >= 0.3 is 0 Å². The summed E-state index contributed by atoms with van der Waals surface area (Å²) in [5.74, 6) is -2.61. The van der Waals surface area contributed by atoms with Gasteiger partial charge in [0.05, 0.1) is 34.5 Å². The smallest absolute Gasteiger partial charge is 0.258 e. The van der Waals surface area contributed by atoms with Crippen LogP contribution >= 0.6 is 11.7 Å². The topological polar surface area (TPSA) is 141 Å². The van der Waals surface area contributed by atoms with Crippen LogP contribution in [0.15, 0.2) is 29.2 Å². The van der Waals surface area contributed by atoms with Gasteiger partial charge in [0.1, 0.15) is 16.9 Å². The molecular formula is C26H31F2N7O4S2. The van der Waals surface area contributed by atoms with E-state index in [9.17, 15) is 22.0 Å². The highest BCUT2D eigenvalue weighted by Crippen LogP contribution is 2.54. The van der Waals surface area contributed by atoms with Gasteiger partial charge in [0.15, 0.2) is 5.82 Å². The fourth-order valence-electron chi connectivity index (χ4n) is 5.58. The molecule has 1 aromatic carbocycles. The number of hydrogen-bond acceptors (Lipinski definition) is 10. The molecule has 220 valence electrons. The number of carbonyl (C=O) groups excluding carboxylic acids is 1. The van der Waals surface area contributed by atoms with Crippen molar-refractivity contribution in [1.82, 2.24) is 18.5 Å². The van der Waals surface area contributed by atoms with E-state index in [-0.39, 0.29) is 55.4 Å². The predicted octanol–water partition coefficient (Wildman–Crippen LogP) is 3.23. The molecule has 2 aliphatic heterocycles. The van der Waals surface area contributed by atoms with Gasteiger partial charge in [-0.15, -0.1) is 0 Å². The van der Waals surface area contributed by atoms with Gasteiger partial charge in [-0.05, 0) is 49.3 Å². The van der Waals surface area contributed by atoms with Crippen molar-refractivity contribution in [1.29, 1.82) is 0 Å². The second-order valence-corrected chi connectivity index (χ2v) is 13.3. The number of benzene rings is 1. The number of aromatic nitrogens is 3. The van der Waals surface area contributed by atoms with E-state index >= 15 is 0 Å². The maximum Gasteiger partial charge on any atom is 0.258 e. The summed E-state index contributed by atoms with van der Waals surface area (Å²) in [6, 6.07) is 5.94. The number of fused-ring (bicyclic) bond motifs is 1. The molecule has 11 nitrogen and oxygen atoms in total. The van der Waals surface area contributed by atoms with E-state index in [0.717, 1.165) is 24.6 Å². The molecule has 1 amide bonds. The number of alkyl halides is 2. The minimum absolute atomic E-state index is 0.00138. The Kier molecular flexibility index (Phi) is 7.32. The van der Waals surface area contributed by atoms with Gasteiger partial charge in [-0.3, -0.25) is 4.79 Å². The Balaban J connectivity index is 1.30. The van der Waals surface area contributed by atoms with E-state index in [4.69, 9.17) is 5.11 Å². The number of sulfonamides is 1. The summed E-state index contributed by atoms with van der Waals surface area (Å²) in [4.78, 5) is 22.0. The van der Waals surface area contributed by atoms with E-state index in [1.807, 2.05) is 4.90 Å². The van der Waals surface area contributed by atoms with Crippen LogP contribution in [0.2, 0.25) is 0 Å². The normalized spacial score (nSPS) is 20.0. The number of rotatable bonds is 8. The first-order valence-corrected chi connectivity index (χ1v) is 15.9. The molecule has 4 heterocycles. The number of nitrogens with zero attached hydrogens (tertiary/aromatic N) is 5. The number of aliphatic hydroxyl groups excluding tert-OH is 1. The van der Waals surface area contributed by atoms with E-state index in [1.54, 1.807) is 11.0 Å². The molecule has 2 saturated heterocycles. The third kappa shape index (κ3) is 5.85. The van der Waals surface area contributed by atoms with Crippen LogP contribution in [0.5, 0.6) is 0 Å². The van der Waals surface area contributed by atoms with Crippen LogP contribution in [-0.4, -0.2) is 78.4 Å². The quantitative estimate of drug-likeness (QED) is 0.352. The summed E-state index contributed by atoms with van der Waals surface area (Å²) < 4.78 is 64.2. The number of amides is 1. The lowest BCUT2D eigenvalue weighted by molar-refractivity contribution is -0.0221. The Labute approximate surface area is 240 Å². The van der Waals surface area contributed by atoms with Crippen molar-refractivity contribution in [3.8, 4) is 0 Å². The van der Waals surface area contributed by atoms with Crippen LogP contribution in [0.4, 0.5) is 26.1 Å². The summed E-state index contributed by atoms with van der Waals surface area (Å²) in [5, 5.41) is 11.9. The maximum absolute atomic E-state index is 13.8. The molecule has 1 aliphatic carbocycles. The molecule has 1 spiro atoms. The van der Waals surface area contributed by atoms with Gasteiger partial charge in [0.25, 0.3) is 11.8 Å². The van der Waals surface area contributed by atoms with Crippen LogP contribution in [0.3, 0.4) is 0 Å². The summed E-state index contributed by atoms with van der Waals surface area (Å²) in [6.45, 7) is 1.14. The highest BCUT2D eigenvalue weighted by atomic mass is 32.2. The van der Waals surface area contributed by atoms with Crippen molar-refractivity contribution in [2.24, 2.45) is 5.41 Å². The van der Waals surface area contributed by atoms with Crippen molar-refractivity contribution in [2.75, 3.05) is 54.4 Å². The monoisotopic (exact) mass is 607 g/mol. The molecule has 2 aromatic heterocycles. The van der Waals surface area contributed by atoms with Gasteiger partial charge in [-0.1, -0.05) is 0 Å². The van der Waals surface area contributed by atoms with Gasteiger partial charge in [0.2, 0.25) is 10.0 Å². The molecular weight excluding hydrogens is 576 g/mol. The van der Waals surface area contributed by atoms with Crippen molar-refractivity contribution >= 4 is 56.0 Å². The summed E-state index contributed by atoms with van der Waals surface area (Å²) in [7, 11) is -3.89. The molecule has 0 radical (unpaired) electrons. The zero-order chi connectivity index (χ0) is 28.8. The average Bonchev–Trinajstić information content (AvgIpc) is 3.53. The lowest BCUT2D eigenvalue weighted by Crippen LogP contribution is -2.40. The second kappa shape index (κ2) is 10.7. The standard InChI is InChI=1S/C26H31F2N7O4S2/c27-26(28)7-12-35(13-8-26)23-22-19(32-40-33-22)16-21(30-23)31-24(37)18-2-1-17(41(38,39)29-9-14-36)15-20(18)34-10-5-25(3-4-25)6-11-34/h1-2,15-16,29,36H,3-14H2,(H,31,37). The zero-order valence-electron chi connectivity index (χ0n) is 22.3. The predicted molar refractivity (Wildman–Crippen MR) is 151 cm³/mol. The number of nitrogens with one attached hydrogen (secondary N) is 2. The van der Waals surface area contributed by atoms with E-state index in [0.29, 0.717) is 41.0 Å². The Morgan fingerprint density at radius 2 is 1.71 bits per heavy atom. The van der Waals surface area contributed by atoms with Crippen LogP contribution < -0.4 is 19.8 Å². The highest BCUT2D eigenvalue weighted by molar-refractivity contribution is 7.89. The number of carbonyl (C=O) groups is 1. The minimum atomic E-state index is -3.89. The van der Waals surface area contributed by atoms with Crippen molar-refractivity contribution < 1.29 is 27.1 Å². The molecule has 15 heteroatoms. The summed E-state index contributed by atoms with van der Waals surface area (Å²) >= 11 is 0.978. The Morgan fingerprint density at radius 3 is 2.39 bits per heavy atom. The average molecular weight is 608 g/mol. The van der Waals surface area contributed by atoms with E-state index in [2.05, 4.69) is 23.8 Å². The number of anilines is 3. The SMILES string of the molecule is O=C(Nc1cc2nsnc2c(N2CCC(F)(F)CC2)n1)c1ccc(S(=O)(=O)NCCO)cc1N1CCC2(CC1)CC2. The van der Waals surface area contributed by atoms with Gasteiger partial charge in [-0.2, -0.15) is 8.75 Å². The lowest BCUT2D eigenvalue weighted by atomic mass is 9.93. The largest absolute Gasteiger partial charge is 0.395 e. The number of hydrogen-bond donors (Lipinski definition) is 3. The van der Waals surface area contributed by atoms with Gasteiger partial charge in [0, 0.05) is 51.6 Å². The molecule has 41 heavy (non-hydrogen) atoms. The Hall–Kier alpha value is -3.01. The number of halogens is 2. The third-order valence-corrected chi connectivity index (χ3v) is 10.3. The van der Waals surface area contributed by atoms with E-state index in [1.165, 1.54) is 31.0 Å². The number of piperidine rings is 2. The zero-order valence-corrected chi connectivity index (χ0v) is 23.9. The maximum atomic E-state index is 13.8. The number of aliphatic hydroxyl groups is 1. The first-order chi connectivity index (χ1) is 19.6. The lowest BCUT2D eigenvalue weighted by Gasteiger charge is -2.35. The van der Waals surface area contributed by atoms with Gasteiger partial charge in [-0.25, -0.2) is 26.9 Å². The first kappa shape index (κ1) is 28.1. The van der Waals surface area contributed by atoms with Crippen LogP contribution in [-0.2, 0) is 10.0 Å². The molecule has 3 fully saturated rings. The molecule has 0 unspecified atom stereocenters. The van der Waals surface area contributed by atoms with Crippen molar-refractivity contribution in [2.45, 2.75) is 49.3 Å². The third-order valence-electron chi connectivity index (χ3n) is 8.31. The Bertz CT molecular complexity index is 1560. The molecule has 1 saturated carbocycles. The minimum Gasteiger partial charge on any atom is -0.395 e. The van der Waals surface area contributed by atoms with Crippen LogP contribution in [0, 0.1) is 5.41 Å². The molecule has 0 bridgehead atoms. The van der Waals surface area contributed by atoms with Crippen molar-refractivity contribution in [3.05, 3.63) is 29.8 Å². The Morgan fingerprint density at radius 1 is 1.00 bits per heavy atom. The van der Waals surface area contributed by atoms with Crippen LogP contribution in [0.25, 0.3) is 11.0 Å². The fourth-order valence-corrected chi connectivity index (χ4v) is 7.15. The summed E-state index contributed by atoms with van der Waals surface area (Å²) in [6.07, 6.45) is 3.75. The van der Waals surface area contributed by atoms with Crippen molar-refractivity contribution in [3.63, 3.8) is 0 Å². The molecule has 0 atom stereocenters. The number of pyridine rings is 1. The molecule has 3 N–H and O–H groups in total. The second-order valence-electron chi connectivity index (χ2n) is 11.0. The first-order valence-electron chi connectivity index (χ1n) is 13.7. The fraction of sp³-hybridized carbons (Fsp3) is 0.538.